The zero-order chi connectivity index (χ0) is 19.7. The number of benzene rings is 3. The highest BCUT2D eigenvalue weighted by molar-refractivity contribution is 5.81. The summed E-state index contributed by atoms with van der Waals surface area (Å²) in [6, 6.07) is 29.1. The molecule has 4 rings (SSSR count). The first-order chi connectivity index (χ1) is 14.4. The SMILES string of the molecule is c1ccc(COCCCCn2ccc3cc(OCc4ccccc4)ccc32)cc1. The summed E-state index contributed by atoms with van der Waals surface area (Å²) in [6.07, 6.45) is 4.33. The van der Waals surface area contributed by atoms with Crippen LogP contribution in [0, 0.1) is 0 Å². The number of aromatic nitrogens is 1. The van der Waals surface area contributed by atoms with Crippen LogP contribution in [0.25, 0.3) is 10.9 Å². The average Bonchev–Trinajstić information content (AvgIpc) is 3.18. The predicted octanol–water partition coefficient (Wildman–Crippen LogP) is 6.22. The molecule has 0 fully saturated rings. The van der Waals surface area contributed by atoms with Crippen molar-refractivity contribution in [2.24, 2.45) is 0 Å². The summed E-state index contributed by atoms with van der Waals surface area (Å²) >= 11 is 0. The third-order valence-electron chi connectivity index (χ3n) is 5.04. The summed E-state index contributed by atoms with van der Waals surface area (Å²) in [5.41, 5.74) is 3.66. The van der Waals surface area contributed by atoms with Crippen molar-refractivity contribution < 1.29 is 9.47 Å². The summed E-state index contributed by atoms with van der Waals surface area (Å²) in [5, 5.41) is 1.22. The Kier molecular flexibility index (Phi) is 6.61. The number of unbranched alkanes of at least 4 members (excludes halogenated alkanes) is 1. The monoisotopic (exact) mass is 385 g/mol. The molecule has 3 aromatic carbocycles. The molecule has 148 valence electrons. The topological polar surface area (TPSA) is 23.4 Å². The first-order valence-electron chi connectivity index (χ1n) is 10.3. The van der Waals surface area contributed by atoms with Gasteiger partial charge in [0.05, 0.1) is 6.61 Å². The number of rotatable bonds is 10. The maximum absolute atomic E-state index is 5.95. The van der Waals surface area contributed by atoms with Crippen molar-refractivity contribution in [3.8, 4) is 5.75 Å². The number of ether oxygens (including phenoxy) is 2. The molecular weight excluding hydrogens is 358 g/mol. The molecule has 3 heteroatoms. The van der Waals surface area contributed by atoms with E-state index >= 15 is 0 Å². The minimum absolute atomic E-state index is 0.593. The third-order valence-corrected chi connectivity index (χ3v) is 5.04. The second-order valence-electron chi connectivity index (χ2n) is 7.25. The van der Waals surface area contributed by atoms with E-state index in [1.165, 1.54) is 22.0 Å². The maximum Gasteiger partial charge on any atom is 0.120 e. The zero-order valence-electron chi connectivity index (χ0n) is 16.7. The highest BCUT2D eigenvalue weighted by atomic mass is 16.5. The van der Waals surface area contributed by atoms with Crippen LogP contribution in [-0.4, -0.2) is 11.2 Å². The molecule has 0 spiro atoms. The summed E-state index contributed by atoms with van der Waals surface area (Å²) in [6.45, 7) is 3.09. The summed E-state index contributed by atoms with van der Waals surface area (Å²) < 4.78 is 14.0. The second kappa shape index (κ2) is 9.94. The van der Waals surface area contributed by atoms with Gasteiger partial charge in [0, 0.05) is 30.3 Å². The molecule has 0 saturated heterocycles. The van der Waals surface area contributed by atoms with Crippen LogP contribution in [0.3, 0.4) is 0 Å². The van der Waals surface area contributed by atoms with Crippen LogP contribution in [0.4, 0.5) is 0 Å². The molecule has 0 saturated carbocycles. The van der Waals surface area contributed by atoms with Gasteiger partial charge in [-0.25, -0.2) is 0 Å². The number of nitrogens with zero attached hydrogens (tertiary/aromatic N) is 1. The van der Waals surface area contributed by atoms with Crippen molar-refractivity contribution in [3.63, 3.8) is 0 Å². The standard InChI is InChI=1S/C26H27NO2/c1-3-9-22(10-4-1)20-28-18-8-7-16-27-17-15-24-19-25(13-14-26(24)27)29-21-23-11-5-2-6-12-23/h1-6,9-15,17,19H,7-8,16,18,20-21H2. The van der Waals surface area contributed by atoms with Crippen LogP contribution in [0.5, 0.6) is 5.75 Å². The first kappa shape index (κ1) is 19.3. The molecule has 4 aromatic rings. The fraction of sp³-hybridized carbons (Fsp3) is 0.231. The highest BCUT2D eigenvalue weighted by Gasteiger charge is 2.04. The van der Waals surface area contributed by atoms with Gasteiger partial charge in [0.15, 0.2) is 0 Å². The van der Waals surface area contributed by atoms with Crippen molar-refractivity contribution in [3.05, 3.63) is 102 Å². The Morgan fingerprint density at radius 2 is 1.41 bits per heavy atom. The van der Waals surface area contributed by atoms with Crippen LogP contribution >= 0.6 is 0 Å². The molecule has 1 heterocycles. The zero-order valence-corrected chi connectivity index (χ0v) is 16.7. The van der Waals surface area contributed by atoms with Gasteiger partial charge in [-0.2, -0.15) is 0 Å². The van der Waals surface area contributed by atoms with E-state index in [9.17, 15) is 0 Å². The van der Waals surface area contributed by atoms with Gasteiger partial charge in [-0.05, 0) is 48.2 Å². The van der Waals surface area contributed by atoms with E-state index in [1.807, 2.05) is 36.4 Å². The van der Waals surface area contributed by atoms with Gasteiger partial charge in [0.25, 0.3) is 0 Å². The van der Waals surface area contributed by atoms with Crippen molar-refractivity contribution in [2.75, 3.05) is 6.61 Å². The van der Waals surface area contributed by atoms with Crippen molar-refractivity contribution >= 4 is 10.9 Å². The van der Waals surface area contributed by atoms with Crippen molar-refractivity contribution in [1.29, 1.82) is 0 Å². The van der Waals surface area contributed by atoms with Crippen LogP contribution in [0.1, 0.15) is 24.0 Å². The Hall–Kier alpha value is -3.04. The number of fused-ring (bicyclic) bond motifs is 1. The van der Waals surface area contributed by atoms with Crippen LogP contribution in [-0.2, 0) is 24.5 Å². The Morgan fingerprint density at radius 3 is 2.17 bits per heavy atom. The fourth-order valence-electron chi connectivity index (χ4n) is 3.45. The molecule has 3 nitrogen and oxygen atoms in total. The smallest absolute Gasteiger partial charge is 0.120 e. The molecule has 1 aromatic heterocycles. The third kappa shape index (κ3) is 5.49. The van der Waals surface area contributed by atoms with Crippen LogP contribution in [0.2, 0.25) is 0 Å². The van der Waals surface area contributed by atoms with E-state index in [2.05, 4.69) is 59.3 Å². The van der Waals surface area contributed by atoms with Crippen LogP contribution in [0.15, 0.2) is 91.1 Å². The molecule has 0 atom stereocenters. The summed E-state index contributed by atoms with van der Waals surface area (Å²) in [7, 11) is 0. The molecule has 0 aliphatic carbocycles. The normalized spacial score (nSPS) is 11.0. The molecule has 0 unspecified atom stereocenters. The van der Waals surface area contributed by atoms with E-state index < -0.39 is 0 Å². The van der Waals surface area contributed by atoms with Gasteiger partial charge >= 0.3 is 0 Å². The van der Waals surface area contributed by atoms with Gasteiger partial charge in [0.1, 0.15) is 12.4 Å². The van der Waals surface area contributed by atoms with Gasteiger partial charge in [-0.15, -0.1) is 0 Å². The molecular formula is C26H27NO2. The highest BCUT2D eigenvalue weighted by Crippen LogP contribution is 2.23. The fourth-order valence-corrected chi connectivity index (χ4v) is 3.45. The number of hydrogen-bond donors (Lipinski definition) is 0. The van der Waals surface area contributed by atoms with E-state index in [-0.39, 0.29) is 0 Å². The Morgan fingerprint density at radius 1 is 0.690 bits per heavy atom. The van der Waals surface area contributed by atoms with Crippen molar-refractivity contribution in [1.82, 2.24) is 4.57 Å². The molecule has 0 aliphatic rings. The lowest BCUT2D eigenvalue weighted by Gasteiger charge is -2.09. The molecule has 0 bridgehead atoms. The van der Waals surface area contributed by atoms with Crippen molar-refractivity contribution in [2.45, 2.75) is 32.6 Å². The molecule has 0 aliphatic heterocycles. The Labute approximate surface area is 172 Å². The van der Waals surface area contributed by atoms with Gasteiger partial charge in [0.2, 0.25) is 0 Å². The summed E-state index contributed by atoms with van der Waals surface area (Å²) in [5.74, 6) is 0.911. The van der Waals surface area contributed by atoms with E-state index in [4.69, 9.17) is 9.47 Å². The quantitative estimate of drug-likeness (QED) is 0.303. The predicted molar refractivity (Wildman–Crippen MR) is 118 cm³/mol. The molecule has 29 heavy (non-hydrogen) atoms. The van der Waals surface area contributed by atoms with Crippen LogP contribution < -0.4 is 4.74 Å². The van der Waals surface area contributed by atoms with E-state index in [0.29, 0.717) is 13.2 Å². The molecule has 0 radical (unpaired) electrons. The number of aryl methyl sites for hydroxylation is 1. The molecule has 0 amide bonds. The minimum Gasteiger partial charge on any atom is -0.489 e. The Balaban J connectivity index is 1.23. The maximum atomic E-state index is 5.95. The van der Waals surface area contributed by atoms with E-state index in [1.54, 1.807) is 0 Å². The molecule has 0 N–H and O–H groups in total. The van der Waals surface area contributed by atoms with E-state index in [0.717, 1.165) is 31.7 Å². The lowest BCUT2D eigenvalue weighted by atomic mass is 10.2. The Bertz CT molecular complexity index is 1010. The first-order valence-corrected chi connectivity index (χ1v) is 10.3. The van der Waals surface area contributed by atoms with Gasteiger partial charge < -0.3 is 14.0 Å². The second-order valence-corrected chi connectivity index (χ2v) is 7.25. The lowest BCUT2D eigenvalue weighted by Crippen LogP contribution is -2.00. The lowest BCUT2D eigenvalue weighted by molar-refractivity contribution is 0.116. The number of hydrogen-bond acceptors (Lipinski definition) is 2. The van der Waals surface area contributed by atoms with Gasteiger partial charge in [-0.3, -0.25) is 0 Å². The average molecular weight is 386 g/mol. The largest absolute Gasteiger partial charge is 0.489 e. The van der Waals surface area contributed by atoms with Gasteiger partial charge in [-0.1, -0.05) is 60.7 Å². The summed E-state index contributed by atoms with van der Waals surface area (Å²) in [4.78, 5) is 0. The minimum atomic E-state index is 0.593.